The summed E-state index contributed by atoms with van der Waals surface area (Å²) in [5.41, 5.74) is 2.09. The van der Waals surface area contributed by atoms with Gasteiger partial charge in [-0.15, -0.1) is 0 Å². The van der Waals surface area contributed by atoms with Crippen LogP contribution in [-0.4, -0.2) is 28.9 Å². The molecule has 0 bridgehead atoms. The maximum atomic E-state index is 13.4. The van der Waals surface area contributed by atoms with Gasteiger partial charge in [-0.1, -0.05) is 48.5 Å². The molecule has 3 heterocycles. The van der Waals surface area contributed by atoms with E-state index in [-0.39, 0.29) is 16.9 Å². The lowest BCUT2D eigenvalue weighted by Gasteiger charge is -2.12. The number of Topliss-reactive ketones (excluding diaryl/α,β-unsaturated/α-hetero) is 1. The molecule has 0 saturated heterocycles. The average Bonchev–Trinajstić information content (AvgIpc) is 3.35. The molecule has 1 unspecified atom stereocenters. The van der Waals surface area contributed by atoms with Gasteiger partial charge in [0.05, 0.1) is 11.7 Å². The number of imidazole rings is 2. The van der Waals surface area contributed by atoms with E-state index in [1.165, 1.54) is 11.5 Å². The monoisotopic (exact) mass is 427 g/mol. The van der Waals surface area contributed by atoms with Crippen LogP contribution in [0.3, 0.4) is 0 Å². The van der Waals surface area contributed by atoms with Crippen molar-refractivity contribution in [3.63, 3.8) is 0 Å². The molecule has 5 aromatic rings. The van der Waals surface area contributed by atoms with Crippen LogP contribution in [0.5, 0.6) is 0 Å². The molecule has 0 fully saturated rings. The SMILES string of the molecule is CC(=O)C(C)n1c(=O)c2c(nc3n(-c4ccccc4)c(-c4ccccc4)cn23)n(C)c1=O. The fourth-order valence-electron chi connectivity index (χ4n) is 4.03. The van der Waals surface area contributed by atoms with Gasteiger partial charge in [0.15, 0.2) is 16.9 Å². The quantitative estimate of drug-likeness (QED) is 0.442. The van der Waals surface area contributed by atoms with E-state index >= 15 is 0 Å². The molecule has 1 atom stereocenters. The summed E-state index contributed by atoms with van der Waals surface area (Å²) in [6, 6.07) is 18.7. The van der Waals surface area contributed by atoms with Gasteiger partial charge in [0, 0.05) is 24.5 Å². The van der Waals surface area contributed by atoms with Crippen molar-refractivity contribution < 1.29 is 4.79 Å². The van der Waals surface area contributed by atoms with E-state index < -0.39 is 17.3 Å². The number of carbonyl (C=O) groups excluding carboxylic acids is 1. The maximum absolute atomic E-state index is 13.4. The number of aromatic nitrogens is 5. The smallest absolute Gasteiger partial charge is 0.298 e. The Labute approximate surface area is 182 Å². The highest BCUT2D eigenvalue weighted by Gasteiger charge is 2.25. The number of hydrogen-bond donors (Lipinski definition) is 0. The Morgan fingerprint density at radius 1 is 0.969 bits per heavy atom. The second-order valence-electron chi connectivity index (χ2n) is 7.81. The van der Waals surface area contributed by atoms with Gasteiger partial charge in [-0.25, -0.2) is 9.36 Å². The van der Waals surface area contributed by atoms with E-state index in [0.717, 1.165) is 21.5 Å². The summed E-state index contributed by atoms with van der Waals surface area (Å²) in [6.07, 6.45) is 1.85. The van der Waals surface area contributed by atoms with Gasteiger partial charge >= 0.3 is 5.69 Å². The van der Waals surface area contributed by atoms with Crippen molar-refractivity contribution in [1.29, 1.82) is 0 Å². The number of aryl methyl sites for hydroxylation is 1. The van der Waals surface area contributed by atoms with Crippen LogP contribution in [0.15, 0.2) is 76.4 Å². The molecule has 32 heavy (non-hydrogen) atoms. The summed E-state index contributed by atoms with van der Waals surface area (Å²) >= 11 is 0. The van der Waals surface area contributed by atoms with Crippen molar-refractivity contribution >= 4 is 22.7 Å². The molecule has 0 saturated carbocycles. The number of fused-ring (bicyclic) bond motifs is 3. The molecule has 3 aromatic heterocycles. The third-order valence-corrected chi connectivity index (χ3v) is 5.86. The molecule has 0 amide bonds. The fourth-order valence-corrected chi connectivity index (χ4v) is 4.03. The number of nitrogens with zero attached hydrogens (tertiary/aromatic N) is 5. The Kier molecular flexibility index (Phi) is 4.44. The third kappa shape index (κ3) is 2.76. The molecule has 0 aliphatic rings. The van der Waals surface area contributed by atoms with Gasteiger partial charge in [-0.05, 0) is 26.0 Å². The molecule has 0 aliphatic carbocycles. The van der Waals surface area contributed by atoms with Crippen LogP contribution in [0.2, 0.25) is 0 Å². The van der Waals surface area contributed by atoms with E-state index in [2.05, 4.69) is 0 Å². The summed E-state index contributed by atoms with van der Waals surface area (Å²) < 4.78 is 5.98. The molecule has 0 aliphatic heterocycles. The average molecular weight is 427 g/mol. The highest BCUT2D eigenvalue weighted by Crippen LogP contribution is 2.28. The zero-order valence-electron chi connectivity index (χ0n) is 17.9. The highest BCUT2D eigenvalue weighted by atomic mass is 16.2. The first-order valence-corrected chi connectivity index (χ1v) is 10.3. The van der Waals surface area contributed by atoms with E-state index in [1.807, 2.05) is 71.4 Å². The number of ketones is 1. The summed E-state index contributed by atoms with van der Waals surface area (Å²) in [5.74, 6) is 0.238. The second-order valence-corrected chi connectivity index (χ2v) is 7.81. The van der Waals surface area contributed by atoms with Crippen LogP contribution in [0, 0.1) is 0 Å². The Bertz CT molecular complexity index is 1600. The number of benzene rings is 2. The Morgan fingerprint density at radius 2 is 1.59 bits per heavy atom. The Morgan fingerprint density at radius 3 is 2.22 bits per heavy atom. The molecule has 160 valence electrons. The van der Waals surface area contributed by atoms with Crippen LogP contribution < -0.4 is 11.2 Å². The van der Waals surface area contributed by atoms with Gasteiger partial charge in [-0.2, -0.15) is 4.98 Å². The Balaban J connectivity index is 1.96. The molecule has 2 aromatic carbocycles. The predicted molar refractivity (Wildman–Crippen MR) is 122 cm³/mol. The lowest BCUT2D eigenvalue weighted by atomic mass is 10.1. The zero-order chi connectivity index (χ0) is 22.6. The van der Waals surface area contributed by atoms with Gasteiger partial charge < -0.3 is 0 Å². The van der Waals surface area contributed by atoms with Crippen molar-refractivity contribution in [2.45, 2.75) is 19.9 Å². The molecule has 0 radical (unpaired) electrons. The first-order valence-electron chi connectivity index (χ1n) is 10.3. The molecular formula is C24H21N5O3. The molecular weight excluding hydrogens is 406 g/mol. The minimum atomic E-state index is -0.874. The van der Waals surface area contributed by atoms with Crippen LogP contribution in [0.4, 0.5) is 0 Å². The predicted octanol–water partition coefficient (Wildman–Crippen LogP) is 2.96. The minimum absolute atomic E-state index is 0.252. The maximum Gasteiger partial charge on any atom is 0.333 e. The van der Waals surface area contributed by atoms with Crippen LogP contribution in [0.1, 0.15) is 19.9 Å². The van der Waals surface area contributed by atoms with E-state index in [9.17, 15) is 14.4 Å². The Hall–Kier alpha value is -4.20. The van der Waals surface area contributed by atoms with Crippen molar-refractivity contribution in [2.75, 3.05) is 0 Å². The van der Waals surface area contributed by atoms with E-state index in [0.29, 0.717) is 5.78 Å². The van der Waals surface area contributed by atoms with Crippen LogP contribution in [-0.2, 0) is 11.8 Å². The fraction of sp³-hybridized carbons (Fsp3) is 0.167. The summed E-state index contributed by atoms with van der Waals surface area (Å²) in [5, 5.41) is 0. The molecule has 8 nitrogen and oxygen atoms in total. The first-order chi connectivity index (χ1) is 15.4. The van der Waals surface area contributed by atoms with Crippen molar-refractivity contribution in [3.8, 4) is 16.9 Å². The lowest BCUT2D eigenvalue weighted by Crippen LogP contribution is -2.42. The number of carbonyl (C=O) groups is 1. The van der Waals surface area contributed by atoms with E-state index in [1.54, 1.807) is 18.4 Å². The summed E-state index contributed by atoms with van der Waals surface area (Å²) in [6.45, 7) is 2.92. The lowest BCUT2D eigenvalue weighted by molar-refractivity contribution is -0.119. The minimum Gasteiger partial charge on any atom is -0.298 e. The van der Waals surface area contributed by atoms with E-state index in [4.69, 9.17) is 4.98 Å². The number of rotatable bonds is 4. The van der Waals surface area contributed by atoms with Crippen molar-refractivity contribution in [1.82, 2.24) is 23.1 Å². The molecule has 0 N–H and O–H groups in total. The highest BCUT2D eigenvalue weighted by molar-refractivity contribution is 5.82. The van der Waals surface area contributed by atoms with Gasteiger partial charge in [-0.3, -0.25) is 23.1 Å². The number of hydrogen-bond acceptors (Lipinski definition) is 4. The molecule has 8 heteroatoms. The topological polar surface area (TPSA) is 83.3 Å². The normalized spacial score (nSPS) is 12.5. The standard InChI is InChI=1S/C24H21N5O3/c1-15(16(2)30)28-22(31)20-21(26(3)24(28)32)25-23-27(20)14-19(17-10-6-4-7-11-17)29(23)18-12-8-5-9-13-18/h4-15H,1-3H3. The van der Waals surface area contributed by atoms with Crippen LogP contribution in [0.25, 0.3) is 33.9 Å². The van der Waals surface area contributed by atoms with Gasteiger partial charge in [0.1, 0.15) is 0 Å². The van der Waals surface area contributed by atoms with Crippen LogP contribution >= 0.6 is 0 Å². The number of para-hydroxylation sites is 1. The van der Waals surface area contributed by atoms with Gasteiger partial charge in [0.2, 0.25) is 5.78 Å². The summed E-state index contributed by atoms with van der Waals surface area (Å²) in [7, 11) is 1.56. The first kappa shape index (κ1) is 19.7. The van der Waals surface area contributed by atoms with Crippen molar-refractivity contribution in [3.05, 3.63) is 87.7 Å². The molecule has 5 rings (SSSR count). The second kappa shape index (κ2) is 7.19. The van der Waals surface area contributed by atoms with Crippen molar-refractivity contribution in [2.24, 2.45) is 7.05 Å². The largest absolute Gasteiger partial charge is 0.333 e. The molecule has 0 spiro atoms. The van der Waals surface area contributed by atoms with Gasteiger partial charge in [0.25, 0.3) is 5.56 Å². The third-order valence-electron chi connectivity index (χ3n) is 5.86. The zero-order valence-corrected chi connectivity index (χ0v) is 17.9. The summed E-state index contributed by atoms with van der Waals surface area (Å²) in [4.78, 5) is 43.0.